The third-order valence-electron chi connectivity index (χ3n) is 3.61. The van der Waals surface area contributed by atoms with Gasteiger partial charge in [0, 0.05) is 5.69 Å². The summed E-state index contributed by atoms with van der Waals surface area (Å²) in [6, 6.07) is 14.6. The molecule has 1 heterocycles. The van der Waals surface area contributed by atoms with Gasteiger partial charge in [0.15, 0.2) is 5.96 Å². The van der Waals surface area contributed by atoms with Gasteiger partial charge in [0.25, 0.3) is 0 Å². The lowest BCUT2D eigenvalue weighted by molar-refractivity contribution is 0.625. The van der Waals surface area contributed by atoms with Gasteiger partial charge in [0.2, 0.25) is 0 Å². The molecule has 0 amide bonds. The van der Waals surface area contributed by atoms with Gasteiger partial charge in [-0.25, -0.2) is 4.39 Å². The average molecular weight is 269 g/mol. The maximum absolute atomic E-state index is 13.1. The minimum absolute atomic E-state index is 0.0247. The third kappa shape index (κ3) is 2.13. The number of para-hydroxylation sites is 1. The van der Waals surface area contributed by atoms with Crippen molar-refractivity contribution < 1.29 is 4.39 Å². The highest BCUT2D eigenvalue weighted by Crippen LogP contribution is 2.32. The second-order valence-electron chi connectivity index (χ2n) is 4.92. The van der Waals surface area contributed by atoms with Crippen molar-refractivity contribution in [2.45, 2.75) is 13.0 Å². The van der Waals surface area contributed by atoms with E-state index in [0.29, 0.717) is 12.5 Å². The highest BCUT2D eigenvalue weighted by molar-refractivity contribution is 5.98. The molecule has 3 rings (SSSR count). The predicted octanol–water partition coefficient (Wildman–Crippen LogP) is 3.01. The molecule has 20 heavy (non-hydrogen) atoms. The standard InChI is InChI=1S/C16H16FN3/c1-11-4-2-3-5-14(11)20-15(10-19-16(20)18)12-6-8-13(17)9-7-12/h2-9,15H,10H2,1H3,(H2,18,19). The Kier molecular flexibility index (Phi) is 3.14. The van der Waals surface area contributed by atoms with E-state index in [2.05, 4.69) is 4.99 Å². The van der Waals surface area contributed by atoms with E-state index in [9.17, 15) is 4.39 Å². The van der Waals surface area contributed by atoms with E-state index in [-0.39, 0.29) is 11.9 Å². The summed E-state index contributed by atoms with van der Waals surface area (Å²) in [6.07, 6.45) is 0. The van der Waals surface area contributed by atoms with E-state index >= 15 is 0 Å². The van der Waals surface area contributed by atoms with E-state index in [1.165, 1.54) is 12.1 Å². The second-order valence-corrected chi connectivity index (χ2v) is 4.92. The first-order valence-corrected chi connectivity index (χ1v) is 6.57. The largest absolute Gasteiger partial charge is 0.369 e. The van der Waals surface area contributed by atoms with Crippen molar-refractivity contribution in [2.24, 2.45) is 10.7 Å². The number of benzene rings is 2. The number of nitrogens with zero attached hydrogens (tertiary/aromatic N) is 2. The van der Waals surface area contributed by atoms with Crippen molar-refractivity contribution >= 4 is 11.6 Å². The van der Waals surface area contributed by atoms with Crippen LogP contribution in [-0.2, 0) is 0 Å². The van der Waals surface area contributed by atoms with Crippen molar-refractivity contribution in [2.75, 3.05) is 11.4 Å². The number of nitrogens with two attached hydrogens (primary N) is 1. The van der Waals surface area contributed by atoms with Crippen LogP contribution in [0.5, 0.6) is 0 Å². The molecule has 3 nitrogen and oxygen atoms in total. The van der Waals surface area contributed by atoms with Gasteiger partial charge in [-0.2, -0.15) is 0 Å². The van der Waals surface area contributed by atoms with Gasteiger partial charge in [-0.1, -0.05) is 30.3 Å². The summed E-state index contributed by atoms with van der Waals surface area (Å²) in [6.45, 7) is 2.63. The summed E-state index contributed by atoms with van der Waals surface area (Å²) >= 11 is 0. The molecule has 2 aromatic carbocycles. The lowest BCUT2D eigenvalue weighted by atomic mass is 10.0. The molecule has 1 aliphatic rings. The molecule has 2 aromatic rings. The summed E-state index contributed by atoms with van der Waals surface area (Å²) in [5, 5.41) is 0. The van der Waals surface area contributed by atoms with Crippen molar-refractivity contribution in [1.29, 1.82) is 0 Å². The highest BCUT2D eigenvalue weighted by Gasteiger charge is 2.29. The van der Waals surface area contributed by atoms with E-state index in [1.807, 2.05) is 36.1 Å². The minimum atomic E-state index is -0.233. The van der Waals surface area contributed by atoms with Crippen LogP contribution >= 0.6 is 0 Å². The maximum atomic E-state index is 13.1. The number of rotatable bonds is 2. The molecule has 1 unspecified atom stereocenters. The normalized spacial score (nSPS) is 18.2. The Balaban J connectivity index is 2.01. The lowest BCUT2D eigenvalue weighted by Gasteiger charge is -2.28. The number of hydrogen-bond donors (Lipinski definition) is 1. The molecule has 2 N–H and O–H groups in total. The molecule has 0 saturated heterocycles. The van der Waals surface area contributed by atoms with Crippen LogP contribution in [0.25, 0.3) is 0 Å². The number of aryl methyl sites for hydroxylation is 1. The molecule has 1 atom stereocenters. The van der Waals surface area contributed by atoms with Crippen LogP contribution in [0, 0.1) is 12.7 Å². The Labute approximate surface area is 117 Å². The van der Waals surface area contributed by atoms with Gasteiger partial charge in [-0.3, -0.25) is 4.99 Å². The minimum Gasteiger partial charge on any atom is -0.369 e. The van der Waals surface area contributed by atoms with E-state index < -0.39 is 0 Å². The van der Waals surface area contributed by atoms with Gasteiger partial charge >= 0.3 is 0 Å². The topological polar surface area (TPSA) is 41.6 Å². The molecule has 0 spiro atoms. The number of guanidine groups is 1. The smallest absolute Gasteiger partial charge is 0.196 e. The number of halogens is 1. The molecular weight excluding hydrogens is 253 g/mol. The fourth-order valence-corrected chi connectivity index (χ4v) is 2.56. The van der Waals surface area contributed by atoms with Crippen LogP contribution < -0.4 is 10.6 Å². The molecule has 0 aliphatic carbocycles. The Bertz CT molecular complexity index is 649. The second kappa shape index (κ2) is 4.96. The number of anilines is 1. The first-order valence-electron chi connectivity index (χ1n) is 6.57. The van der Waals surface area contributed by atoms with Crippen LogP contribution in [-0.4, -0.2) is 12.5 Å². The van der Waals surface area contributed by atoms with Crippen LogP contribution in [0.15, 0.2) is 53.5 Å². The van der Waals surface area contributed by atoms with Crippen molar-refractivity contribution in [3.05, 3.63) is 65.5 Å². The number of hydrogen-bond acceptors (Lipinski definition) is 3. The van der Waals surface area contributed by atoms with Gasteiger partial charge < -0.3 is 10.6 Å². The first-order chi connectivity index (χ1) is 9.66. The number of aliphatic imine (C=N–C) groups is 1. The van der Waals surface area contributed by atoms with Crippen LogP contribution in [0.3, 0.4) is 0 Å². The van der Waals surface area contributed by atoms with Crippen molar-refractivity contribution in [3.63, 3.8) is 0 Å². The van der Waals surface area contributed by atoms with E-state index in [4.69, 9.17) is 5.73 Å². The third-order valence-corrected chi connectivity index (χ3v) is 3.61. The molecular formula is C16H16FN3. The Hall–Kier alpha value is -2.36. The zero-order chi connectivity index (χ0) is 14.1. The van der Waals surface area contributed by atoms with E-state index in [1.54, 1.807) is 12.1 Å². The maximum Gasteiger partial charge on any atom is 0.196 e. The molecule has 0 aromatic heterocycles. The molecule has 4 heteroatoms. The quantitative estimate of drug-likeness (QED) is 0.910. The summed E-state index contributed by atoms with van der Waals surface area (Å²) in [5.74, 6) is 0.275. The van der Waals surface area contributed by atoms with Gasteiger partial charge in [-0.05, 0) is 36.2 Å². The van der Waals surface area contributed by atoms with Gasteiger partial charge in [0.05, 0.1) is 12.6 Å². The Morgan fingerprint density at radius 2 is 1.85 bits per heavy atom. The molecule has 0 fully saturated rings. The molecule has 0 radical (unpaired) electrons. The zero-order valence-electron chi connectivity index (χ0n) is 11.3. The molecule has 102 valence electrons. The Morgan fingerprint density at radius 3 is 2.55 bits per heavy atom. The van der Waals surface area contributed by atoms with Crippen molar-refractivity contribution in [3.8, 4) is 0 Å². The molecule has 0 bridgehead atoms. The summed E-state index contributed by atoms with van der Waals surface area (Å²) < 4.78 is 13.1. The monoisotopic (exact) mass is 269 g/mol. The van der Waals surface area contributed by atoms with Crippen LogP contribution in [0.2, 0.25) is 0 Å². The SMILES string of the molecule is Cc1ccccc1N1C(N)=NCC1c1ccc(F)cc1. The fourth-order valence-electron chi connectivity index (χ4n) is 2.56. The zero-order valence-corrected chi connectivity index (χ0v) is 11.3. The fraction of sp³-hybridized carbons (Fsp3) is 0.188. The summed E-state index contributed by atoms with van der Waals surface area (Å²) in [4.78, 5) is 6.36. The van der Waals surface area contributed by atoms with E-state index in [0.717, 1.165) is 16.8 Å². The molecule has 0 saturated carbocycles. The summed E-state index contributed by atoms with van der Waals surface area (Å²) in [5.41, 5.74) is 9.23. The molecule has 1 aliphatic heterocycles. The van der Waals surface area contributed by atoms with Crippen LogP contribution in [0.4, 0.5) is 10.1 Å². The predicted molar refractivity (Wildman–Crippen MR) is 79.3 cm³/mol. The first kappa shape index (κ1) is 12.7. The van der Waals surface area contributed by atoms with Gasteiger partial charge in [-0.15, -0.1) is 0 Å². The summed E-state index contributed by atoms with van der Waals surface area (Å²) in [7, 11) is 0. The lowest BCUT2D eigenvalue weighted by Crippen LogP contribution is -2.36. The van der Waals surface area contributed by atoms with Gasteiger partial charge in [0.1, 0.15) is 5.82 Å². The Morgan fingerprint density at radius 1 is 1.15 bits per heavy atom. The van der Waals surface area contributed by atoms with Crippen molar-refractivity contribution in [1.82, 2.24) is 0 Å². The average Bonchev–Trinajstić information content (AvgIpc) is 2.82. The van der Waals surface area contributed by atoms with Crippen LogP contribution in [0.1, 0.15) is 17.2 Å². The highest BCUT2D eigenvalue weighted by atomic mass is 19.1.